The van der Waals surface area contributed by atoms with E-state index >= 15 is 0 Å². The number of halogens is 1. The quantitative estimate of drug-likeness (QED) is 0.894. The highest BCUT2D eigenvalue weighted by atomic mass is 19.1. The fourth-order valence-electron chi connectivity index (χ4n) is 3.81. The maximum Gasteiger partial charge on any atom is 0.249 e. The zero-order valence-electron chi connectivity index (χ0n) is 14.2. The van der Waals surface area contributed by atoms with Gasteiger partial charge in [-0.1, -0.05) is 36.4 Å². The van der Waals surface area contributed by atoms with Crippen molar-refractivity contribution in [2.45, 2.75) is 31.2 Å². The average molecular weight is 350 g/mol. The Kier molecular flexibility index (Phi) is 4.29. The number of hydrogen-bond donors (Lipinski definition) is 2. The Bertz CT molecular complexity index is 906. The van der Waals surface area contributed by atoms with Gasteiger partial charge in [-0.15, -0.1) is 0 Å². The minimum atomic E-state index is -0.448. The first-order chi connectivity index (χ1) is 12.6. The van der Waals surface area contributed by atoms with Crippen molar-refractivity contribution in [3.05, 3.63) is 82.8 Å². The van der Waals surface area contributed by atoms with Crippen LogP contribution in [-0.4, -0.2) is 11.8 Å². The second-order valence-corrected chi connectivity index (χ2v) is 6.74. The summed E-state index contributed by atoms with van der Waals surface area (Å²) in [6.45, 7) is 0. The van der Waals surface area contributed by atoms with Gasteiger partial charge in [0.05, 0.1) is 6.04 Å². The number of nitrogens with one attached hydrogen (secondary N) is 2. The monoisotopic (exact) mass is 350 g/mol. The molecule has 2 aromatic carbocycles. The molecular weight excluding hydrogens is 331 g/mol. The zero-order chi connectivity index (χ0) is 18.1. The van der Waals surface area contributed by atoms with Crippen LogP contribution in [0.2, 0.25) is 0 Å². The lowest BCUT2D eigenvalue weighted by atomic mass is 9.86. The molecule has 2 aliphatic rings. The molecule has 132 valence electrons. The predicted molar refractivity (Wildman–Crippen MR) is 95.6 cm³/mol. The molecule has 4 nitrogen and oxygen atoms in total. The summed E-state index contributed by atoms with van der Waals surface area (Å²) in [6.07, 6.45) is 3.38. The van der Waals surface area contributed by atoms with E-state index < -0.39 is 5.92 Å². The minimum Gasteiger partial charge on any atom is -0.345 e. The molecule has 2 aromatic rings. The van der Waals surface area contributed by atoms with Crippen molar-refractivity contribution in [2.24, 2.45) is 0 Å². The lowest BCUT2D eigenvalue weighted by Crippen LogP contribution is -2.36. The molecule has 0 saturated carbocycles. The molecule has 1 aliphatic carbocycles. The van der Waals surface area contributed by atoms with Gasteiger partial charge in [0.2, 0.25) is 11.8 Å². The number of hydrogen-bond acceptors (Lipinski definition) is 2. The molecule has 0 bridgehead atoms. The third kappa shape index (κ3) is 3.12. The molecule has 1 aliphatic heterocycles. The first-order valence-corrected chi connectivity index (χ1v) is 8.75. The number of carbonyl (C=O) groups is 2. The summed E-state index contributed by atoms with van der Waals surface area (Å²) in [5, 5.41) is 5.70. The Morgan fingerprint density at radius 1 is 1.15 bits per heavy atom. The maximum absolute atomic E-state index is 13.6. The van der Waals surface area contributed by atoms with Gasteiger partial charge >= 0.3 is 0 Å². The Hall–Kier alpha value is -2.95. The number of rotatable bonds is 3. The van der Waals surface area contributed by atoms with Crippen molar-refractivity contribution < 1.29 is 14.0 Å². The fraction of sp³-hybridized carbons (Fsp3) is 0.238. The van der Waals surface area contributed by atoms with E-state index in [0.717, 1.165) is 18.4 Å². The fourth-order valence-corrected chi connectivity index (χ4v) is 3.81. The van der Waals surface area contributed by atoms with Crippen LogP contribution in [0.4, 0.5) is 4.39 Å². The van der Waals surface area contributed by atoms with Gasteiger partial charge in [-0.05, 0) is 41.7 Å². The van der Waals surface area contributed by atoms with Crippen molar-refractivity contribution in [1.82, 2.24) is 10.6 Å². The first kappa shape index (κ1) is 16.5. The second-order valence-electron chi connectivity index (χ2n) is 6.74. The van der Waals surface area contributed by atoms with Crippen LogP contribution in [0.25, 0.3) is 0 Å². The van der Waals surface area contributed by atoms with Crippen LogP contribution in [0.5, 0.6) is 0 Å². The molecule has 2 unspecified atom stereocenters. The molecule has 4 rings (SSSR count). The number of carbonyl (C=O) groups excluding carboxylic acids is 2. The molecule has 0 spiro atoms. The van der Waals surface area contributed by atoms with Crippen molar-refractivity contribution in [2.75, 3.05) is 0 Å². The second kappa shape index (κ2) is 6.75. The van der Waals surface area contributed by atoms with E-state index in [1.54, 1.807) is 12.1 Å². The summed E-state index contributed by atoms with van der Waals surface area (Å²) in [5.74, 6) is -1.22. The zero-order valence-corrected chi connectivity index (χ0v) is 14.2. The van der Waals surface area contributed by atoms with E-state index in [1.807, 2.05) is 18.2 Å². The standard InChI is InChI=1S/C21H19FN2O2/c22-15-6-3-5-14(10-15)17-11-20(25)23-12-18(17)21(26)24-19-9-8-13-4-1-2-7-16(13)19/h1-7,10,12,17,19H,8-9,11H2,(H,23,25)(H,24,26). The molecular formula is C21H19FN2O2. The molecule has 2 amide bonds. The predicted octanol–water partition coefficient (Wildman–Crippen LogP) is 3.12. The summed E-state index contributed by atoms with van der Waals surface area (Å²) in [4.78, 5) is 24.7. The van der Waals surface area contributed by atoms with E-state index in [2.05, 4.69) is 16.7 Å². The van der Waals surface area contributed by atoms with Crippen molar-refractivity contribution in [1.29, 1.82) is 0 Å². The highest BCUT2D eigenvalue weighted by Gasteiger charge is 2.31. The Balaban J connectivity index is 1.58. The molecule has 0 radical (unpaired) electrons. The van der Waals surface area contributed by atoms with Crippen LogP contribution >= 0.6 is 0 Å². The van der Waals surface area contributed by atoms with Crippen molar-refractivity contribution in [3.8, 4) is 0 Å². The van der Waals surface area contributed by atoms with Crippen molar-refractivity contribution >= 4 is 11.8 Å². The number of amides is 2. The van der Waals surface area contributed by atoms with Gasteiger partial charge in [0, 0.05) is 24.1 Å². The first-order valence-electron chi connectivity index (χ1n) is 8.75. The number of aryl methyl sites for hydroxylation is 1. The Morgan fingerprint density at radius 2 is 2.00 bits per heavy atom. The van der Waals surface area contributed by atoms with Crippen LogP contribution in [-0.2, 0) is 16.0 Å². The summed E-state index contributed by atoms with van der Waals surface area (Å²) >= 11 is 0. The molecule has 26 heavy (non-hydrogen) atoms. The normalized spacial score (nSPS) is 21.6. The molecule has 2 atom stereocenters. The maximum atomic E-state index is 13.6. The van der Waals surface area contributed by atoms with Crippen LogP contribution in [0, 0.1) is 5.82 Å². The minimum absolute atomic E-state index is 0.0367. The van der Waals surface area contributed by atoms with Crippen LogP contribution in [0.3, 0.4) is 0 Å². The Morgan fingerprint density at radius 3 is 2.85 bits per heavy atom. The van der Waals surface area contributed by atoms with E-state index in [0.29, 0.717) is 11.1 Å². The van der Waals surface area contributed by atoms with Gasteiger partial charge in [-0.3, -0.25) is 9.59 Å². The summed E-state index contributed by atoms with van der Waals surface area (Å²) in [6, 6.07) is 14.1. The molecule has 0 saturated heterocycles. The van der Waals surface area contributed by atoms with Crippen LogP contribution in [0.1, 0.15) is 41.5 Å². The Labute approximate surface area is 151 Å². The van der Waals surface area contributed by atoms with Gasteiger partial charge in [0.1, 0.15) is 5.82 Å². The summed E-state index contributed by atoms with van der Waals surface area (Å²) in [5.41, 5.74) is 3.49. The summed E-state index contributed by atoms with van der Waals surface area (Å²) in [7, 11) is 0. The highest BCUT2D eigenvalue weighted by Crippen LogP contribution is 2.34. The number of benzene rings is 2. The molecule has 5 heteroatoms. The van der Waals surface area contributed by atoms with E-state index in [-0.39, 0.29) is 30.1 Å². The third-order valence-electron chi connectivity index (χ3n) is 5.11. The topological polar surface area (TPSA) is 58.2 Å². The lowest BCUT2D eigenvalue weighted by molar-refractivity contribution is -0.121. The van der Waals surface area contributed by atoms with Gasteiger partial charge in [-0.2, -0.15) is 0 Å². The van der Waals surface area contributed by atoms with Crippen molar-refractivity contribution in [3.63, 3.8) is 0 Å². The van der Waals surface area contributed by atoms with Crippen LogP contribution < -0.4 is 10.6 Å². The molecule has 2 N–H and O–H groups in total. The van der Waals surface area contributed by atoms with Gasteiger partial charge in [0.25, 0.3) is 0 Å². The van der Waals surface area contributed by atoms with Crippen LogP contribution in [0.15, 0.2) is 60.3 Å². The third-order valence-corrected chi connectivity index (χ3v) is 5.11. The van der Waals surface area contributed by atoms with Gasteiger partial charge in [0.15, 0.2) is 0 Å². The molecule has 0 aromatic heterocycles. The lowest BCUT2D eigenvalue weighted by Gasteiger charge is -2.25. The van der Waals surface area contributed by atoms with E-state index in [4.69, 9.17) is 0 Å². The van der Waals surface area contributed by atoms with E-state index in [9.17, 15) is 14.0 Å². The SMILES string of the molecule is O=C1CC(c2cccc(F)c2)C(C(=O)NC2CCc3ccccc32)=CN1. The average Bonchev–Trinajstić information content (AvgIpc) is 3.04. The molecule has 1 heterocycles. The summed E-state index contributed by atoms with van der Waals surface area (Å²) < 4.78 is 13.6. The van der Waals surface area contributed by atoms with Gasteiger partial charge in [-0.25, -0.2) is 4.39 Å². The highest BCUT2D eigenvalue weighted by molar-refractivity contribution is 5.98. The largest absolute Gasteiger partial charge is 0.345 e. The molecule has 0 fully saturated rings. The smallest absolute Gasteiger partial charge is 0.249 e. The number of fused-ring (bicyclic) bond motifs is 1. The van der Waals surface area contributed by atoms with E-state index in [1.165, 1.54) is 23.9 Å². The van der Waals surface area contributed by atoms with Gasteiger partial charge < -0.3 is 10.6 Å².